The van der Waals surface area contributed by atoms with Crippen molar-refractivity contribution < 1.29 is 4.42 Å². The van der Waals surface area contributed by atoms with Crippen LogP contribution in [0.2, 0.25) is 0 Å². The van der Waals surface area contributed by atoms with Crippen LogP contribution in [0.1, 0.15) is 18.0 Å². The van der Waals surface area contributed by atoms with Crippen molar-refractivity contribution >= 4 is 54.9 Å². The smallest absolute Gasteiger partial charge is 0.260 e. The first kappa shape index (κ1) is 16.7. The molecule has 134 valence electrons. The fourth-order valence-corrected chi connectivity index (χ4v) is 6.08. The quantitative estimate of drug-likeness (QED) is 0.384. The van der Waals surface area contributed by atoms with Crippen LogP contribution in [0.25, 0.3) is 31.8 Å². The number of H-pyrrole nitrogens is 1. The Hall–Kier alpha value is -2.42. The largest absolute Gasteiger partial charge is 0.464 e. The molecule has 5 nitrogen and oxygen atoms in total. The number of rotatable bonds is 4. The molecule has 0 amide bonds. The zero-order valence-corrected chi connectivity index (χ0v) is 16.6. The lowest BCUT2D eigenvalue weighted by molar-refractivity contribution is 0.583. The standard InChI is InChI=1S/C19H13N3O2S3/c1-10(26-19-20-12-5-2-3-7-14(12)27-19)16-21-17(23)15-11(9-25-18(15)22-16)13-6-4-8-24-13/h2-10H,1H3,(H,21,22,23). The fourth-order valence-electron chi connectivity index (χ4n) is 2.88. The summed E-state index contributed by atoms with van der Waals surface area (Å²) in [6.07, 6.45) is 1.60. The second-order valence-electron chi connectivity index (χ2n) is 5.97. The van der Waals surface area contributed by atoms with E-state index in [4.69, 9.17) is 9.40 Å². The van der Waals surface area contributed by atoms with Gasteiger partial charge >= 0.3 is 0 Å². The van der Waals surface area contributed by atoms with Crippen LogP contribution < -0.4 is 5.56 Å². The van der Waals surface area contributed by atoms with Crippen LogP contribution in [0.15, 0.2) is 61.6 Å². The summed E-state index contributed by atoms with van der Waals surface area (Å²) in [7, 11) is 0. The molecule has 1 atom stereocenters. The minimum Gasteiger partial charge on any atom is -0.464 e. The van der Waals surface area contributed by atoms with Crippen LogP contribution in [0.5, 0.6) is 0 Å². The highest BCUT2D eigenvalue weighted by atomic mass is 32.2. The SMILES string of the molecule is CC(Sc1nc2ccccc2s1)c1nc2scc(-c3ccco3)c2c(=O)[nH]1. The Morgan fingerprint density at radius 3 is 2.89 bits per heavy atom. The van der Waals surface area contributed by atoms with Crippen molar-refractivity contribution in [3.05, 3.63) is 64.2 Å². The highest BCUT2D eigenvalue weighted by Crippen LogP contribution is 2.38. The normalized spacial score (nSPS) is 12.8. The number of nitrogens with zero attached hydrogens (tertiary/aromatic N) is 2. The molecule has 0 bridgehead atoms. The third-order valence-electron chi connectivity index (χ3n) is 4.19. The summed E-state index contributed by atoms with van der Waals surface area (Å²) in [6, 6.07) is 11.7. The number of thiophene rings is 1. The van der Waals surface area contributed by atoms with Crippen molar-refractivity contribution in [2.45, 2.75) is 16.5 Å². The van der Waals surface area contributed by atoms with Gasteiger partial charge in [0.25, 0.3) is 5.56 Å². The van der Waals surface area contributed by atoms with Crippen molar-refractivity contribution in [1.82, 2.24) is 15.0 Å². The highest BCUT2D eigenvalue weighted by Gasteiger charge is 2.18. The third kappa shape index (κ3) is 2.99. The minimum atomic E-state index is -0.139. The second-order valence-corrected chi connectivity index (χ2v) is 9.44. The lowest BCUT2D eigenvalue weighted by Crippen LogP contribution is -2.12. The summed E-state index contributed by atoms with van der Waals surface area (Å²) >= 11 is 4.71. The summed E-state index contributed by atoms with van der Waals surface area (Å²) in [5, 5.41) is 2.48. The summed E-state index contributed by atoms with van der Waals surface area (Å²) in [5.74, 6) is 1.34. The number of aromatic amines is 1. The first-order chi connectivity index (χ1) is 13.2. The average Bonchev–Trinajstić information content (AvgIpc) is 3.39. The molecule has 0 aliphatic rings. The van der Waals surface area contributed by atoms with E-state index in [1.807, 2.05) is 42.6 Å². The van der Waals surface area contributed by atoms with Gasteiger partial charge in [-0.25, -0.2) is 9.97 Å². The third-order valence-corrected chi connectivity index (χ3v) is 7.30. The molecule has 4 aromatic heterocycles. The molecule has 0 fully saturated rings. The summed E-state index contributed by atoms with van der Waals surface area (Å²) in [5.41, 5.74) is 1.64. The summed E-state index contributed by atoms with van der Waals surface area (Å²) in [4.78, 5) is 25.7. The van der Waals surface area contributed by atoms with Crippen LogP contribution in [-0.2, 0) is 0 Å². The molecule has 0 aliphatic carbocycles. The van der Waals surface area contributed by atoms with Gasteiger partial charge in [-0.05, 0) is 31.2 Å². The van der Waals surface area contributed by atoms with E-state index in [0.717, 1.165) is 25.0 Å². The number of thiazole rings is 1. The lowest BCUT2D eigenvalue weighted by atomic mass is 10.2. The first-order valence-corrected chi connectivity index (χ1v) is 10.8. The molecule has 0 saturated carbocycles. The van der Waals surface area contributed by atoms with Gasteiger partial charge < -0.3 is 9.40 Å². The Morgan fingerprint density at radius 2 is 2.07 bits per heavy atom. The Morgan fingerprint density at radius 1 is 1.19 bits per heavy atom. The lowest BCUT2D eigenvalue weighted by Gasteiger charge is -2.08. The van der Waals surface area contributed by atoms with Gasteiger partial charge in [-0.15, -0.1) is 22.7 Å². The Kier molecular flexibility index (Phi) is 4.11. The number of para-hydroxylation sites is 1. The topological polar surface area (TPSA) is 71.8 Å². The van der Waals surface area contributed by atoms with Gasteiger partial charge in [0.15, 0.2) is 4.34 Å². The molecule has 27 heavy (non-hydrogen) atoms. The van der Waals surface area contributed by atoms with E-state index in [1.165, 1.54) is 11.3 Å². The number of benzene rings is 1. The summed E-state index contributed by atoms with van der Waals surface area (Å²) < 4.78 is 7.57. The van der Waals surface area contributed by atoms with E-state index >= 15 is 0 Å². The molecule has 0 spiro atoms. The maximum Gasteiger partial charge on any atom is 0.260 e. The molecule has 4 heterocycles. The van der Waals surface area contributed by atoms with E-state index in [0.29, 0.717) is 17.0 Å². The molecule has 8 heteroatoms. The van der Waals surface area contributed by atoms with Crippen LogP contribution in [0, 0.1) is 0 Å². The van der Waals surface area contributed by atoms with Crippen LogP contribution in [-0.4, -0.2) is 15.0 Å². The average molecular weight is 412 g/mol. The molecule has 5 rings (SSSR count). The van der Waals surface area contributed by atoms with Gasteiger partial charge in [-0.3, -0.25) is 4.79 Å². The van der Waals surface area contributed by atoms with Gasteiger partial charge in [-0.2, -0.15) is 0 Å². The molecular weight excluding hydrogens is 398 g/mol. The second kappa shape index (κ2) is 6.63. The van der Waals surface area contributed by atoms with Crippen molar-refractivity contribution in [3.8, 4) is 11.3 Å². The van der Waals surface area contributed by atoms with Crippen molar-refractivity contribution in [2.24, 2.45) is 0 Å². The molecule has 0 saturated heterocycles. The van der Waals surface area contributed by atoms with E-state index in [1.54, 1.807) is 29.4 Å². The van der Waals surface area contributed by atoms with Gasteiger partial charge in [0, 0.05) is 10.9 Å². The highest BCUT2D eigenvalue weighted by molar-refractivity contribution is 8.01. The Balaban J connectivity index is 1.50. The molecule has 1 unspecified atom stereocenters. The number of thioether (sulfide) groups is 1. The molecule has 5 aromatic rings. The maximum absolute atomic E-state index is 12.7. The number of hydrogen-bond acceptors (Lipinski definition) is 7. The van der Waals surface area contributed by atoms with Crippen LogP contribution >= 0.6 is 34.4 Å². The van der Waals surface area contributed by atoms with Gasteiger partial charge in [0.1, 0.15) is 16.4 Å². The predicted molar refractivity (Wildman–Crippen MR) is 112 cm³/mol. The summed E-state index contributed by atoms with van der Waals surface area (Å²) in [6.45, 7) is 2.03. The minimum absolute atomic E-state index is 0.0168. The van der Waals surface area contributed by atoms with E-state index in [9.17, 15) is 4.79 Å². The monoisotopic (exact) mass is 411 g/mol. The van der Waals surface area contributed by atoms with Crippen LogP contribution in [0.3, 0.4) is 0 Å². The van der Waals surface area contributed by atoms with E-state index in [-0.39, 0.29) is 10.8 Å². The fraction of sp³-hybridized carbons (Fsp3) is 0.105. The van der Waals surface area contributed by atoms with Crippen LogP contribution in [0.4, 0.5) is 0 Å². The zero-order chi connectivity index (χ0) is 18.4. The van der Waals surface area contributed by atoms with Gasteiger partial charge in [0.05, 0.1) is 27.1 Å². The molecule has 0 aliphatic heterocycles. The first-order valence-electron chi connectivity index (χ1n) is 8.26. The van der Waals surface area contributed by atoms with Crippen molar-refractivity contribution in [2.75, 3.05) is 0 Å². The number of fused-ring (bicyclic) bond motifs is 2. The number of hydrogen-bond donors (Lipinski definition) is 1. The predicted octanol–water partition coefficient (Wildman–Crippen LogP) is 5.71. The Labute approximate surface area is 166 Å². The molecule has 1 aromatic carbocycles. The van der Waals surface area contributed by atoms with E-state index < -0.39 is 0 Å². The Bertz CT molecular complexity index is 1270. The van der Waals surface area contributed by atoms with E-state index in [2.05, 4.69) is 16.0 Å². The number of nitrogens with one attached hydrogen (secondary N) is 1. The van der Waals surface area contributed by atoms with Gasteiger partial charge in [0.2, 0.25) is 0 Å². The maximum atomic E-state index is 12.7. The van der Waals surface area contributed by atoms with Crippen molar-refractivity contribution in [3.63, 3.8) is 0 Å². The number of furan rings is 1. The zero-order valence-electron chi connectivity index (χ0n) is 14.1. The van der Waals surface area contributed by atoms with Crippen molar-refractivity contribution in [1.29, 1.82) is 0 Å². The molecular formula is C19H13N3O2S3. The molecule has 1 N–H and O–H groups in total. The van der Waals surface area contributed by atoms with Gasteiger partial charge in [-0.1, -0.05) is 23.9 Å². The molecule has 0 radical (unpaired) electrons. The number of aromatic nitrogens is 3.